The largest absolute Gasteiger partial charge is 0.298 e. The summed E-state index contributed by atoms with van der Waals surface area (Å²) in [6.45, 7) is 8.02. The highest BCUT2D eigenvalue weighted by molar-refractivity contribution is 9.09. The van der Waals surface area contributed by atoms with Crippen molar-refractivity contribution in [2.45, 2.75) is 26.8 Å². The zero-order valence-electron chi connectivity index (χ0n) is 9.66. The molecule has 0 aliphatic carbocycles. The van der Waals surface area contributed by atoms with Gasteiger partial charge in [0.1, 0.15) is 0 Å². The van der Waals surface area contributed by atoms with Gasteiger partial charge in [-0.05, 0) is 12.3 Å². The summed E-state index contributed by atoms with van der Waals surface area (Å²) in [5, 5.41) is 0.940. The van der Waals surface area contributed by atoms with Crippen LogP contribution in [0.2, 0.25) is 0 Å². The van der Waals surface area contributed by atoms with Crippen LogP contribution in [-0.2, 0) is 9.84 Å². The first-order chi connectivity index (χ1) is 6.76. The monoisotopic (exact) mass is 297 g/mol. The maximum atomic E-state index is 11.4. The molecule has 0 N–H and O–H groups in total. The standard InChI is InChI=1S/C10H20BrNO2S/c1-9-6-15(13,14)5-4-12(9)8-10(2,3)7-11/h9H,4-8H2,1-3H3. The topological polar surface area (TPSA) is 37.4 Å². The van der Waals surface area contributed by atoms with Crippen molar-refractivity contribution in [2.75, 3.05) is 29.9 Å². The average Bonchev–Trinajstić information content (AvgIpc) is 2.09. The minimum Gasteiger partial charge on any atom is -0.298 e. The van der Waals surface area contributed by atoms with Crippen LogP contribution >= 0.6 is 15.9 Å². The summed E-state index contributed by atoms with van der Waals surface area (Å²) >= 11 is 3.50. The highest BCUT2D eigenvalue weighted by atomic mass is 79.9. The van der Waals surface area contributed by atoms with E-state index < -0.39 is 9.84 Å². The van der Waals surface area contributed by atoms with Gasteiger partial charge < -0.3 is 0 Å². The maximum absolute atomic E-state index is 11.4. The molecule has 1 aliphatic heterocycles. The molecule has 1 fully saturated rings. The van der Waals surface area contributed by atoms with E-state index in [1.807, 2.05) is 6.92 Å². The van der Waals surface area contributed by atoms with Crippen LogP contribution in [0, 0.1) is 5.41 Å². The highest BCUT2D eigenvalue weighted by Gasteiger charge is 2.31. The SMILES string of the molecule is CC1CS(=O)(=O)CCN1CC(C)(C)CBr. The Labute approximate surface area is 101 Å². The molecule has 0 aromatic rings. The Kier molecular flexibility index (Phi) is 4.23. The number of alkyl halides is 1. The fourth-order valence-corrected chi connectivity index (χ4v) is 3.66. The second-order valence-corrected chi connectivity index (χ2v) is 8.02. The first kappa shape index (κ1) is 13.5. The minimum atomic E-state index is -2.78. The van der Waals surface area contributed by atoms with E-state index in [4.69, 9.17) is 0 Å². The Morgan fingerprint density at radius 3 is 2.53 bits per heavy atom. The third-order valence-corrected chi connectivity index (χ3v) is 6.11. The van der Waals surface area contributed by atoms with Crippen molar-refractivity contribution in [3.8, 4) is 0 Å². The summed E-state index contributed by atoms with van der Waals surface area (Å²) in [6.07, 6.45) is 0. The molecule has 0 aromatic heterocycles. The Balaban J connectivity index is 2.60. The van der Waals surface area contributed by atoms with Gasteiger partial charge in [0.15, 0.2) is 9.84 Å². The normalized spacial score (nSPS) is 27.9. The molecule has 0 saturated carbocycles. The van der Waals surface area contributed by atoms with E-state index in [-0.39, 0.29) is 11.5 Å². The zero-order chi connectivity index (χ0) is 11.7. The Hall–Kier alpha value is 0.390. The van der Waals surface area contributed by atoms with Crippen LogP contribution < -0.4 is 0 Å². The zero-order valence-corrected chi connectivity index (χ0v) is 12.1. The van der Waals surface area contributed by atoms with Gasteiger partial charge in [0, 0.05) is 24.5 Å². The Bertz CT molecular complexity index is 313. The lowest BCUT2D eigenvalue weighted by Crippen LogP contribution is -2.50. The van der Waals surface area contributed by atoms with E-state index in [0.29, 0.717) is 18.1 Å². The molecule has 0 bridgehead atoms. The summed E-state index contributed by atoms with van der Waals surface area (Å²) in [4.78, 5) is 2.28. The Morgan fingerprint density at radius 1 is 1.47 bits per heavy atom. The van der Waals surface area contributed by atoms with Crippen molar-refractivity contribution < 1.29 is 8.42 Å². The van der Waals surface area contributed by atoms with Crippen molar-refractivity contribution >= 4 is 25.8 Å². The van der Waals surface area contributed by atoms with Crippen molar-refractivity contribution in [3.63, 3.8) is 0 Å². The number of halogens is 1. The quantitative estimate of drug-likeness (QED) is 0.742. The summed E-state index contributed by atoms with van der Waals surface area (Å²) in [5.41, 5.74) is 0.204. The molecule has 0 radical (unpaired) electrons. The molecule has 1 heterocycles. The maximum Gasteiger partial charge on any atom is 0.153 e. The van der Waals surface area contributed by atoms with Gasteiger partial charge in [-0.3, -0.25) is 4.90 Å². The van der Waals surface area contributed by atoms with Crippen molar-refractivity contribution in [1.82, 2.24) is 4.90 Å². The van der Waals surface area contributed by atoms with Gasteiger partial charge in [-0.1, -0.05) is 29.8 Å². The average molecular weight is 298 g/mol. The number of hydrogen-bond donors (Lipinski definition) is 0. The van der Waals surface area contributed by atoms with Gasteiger partial charge in [-0.2, -0.15) is 0 Å². The fraction of sp³-hybridized carbons (Fsp3) is 1.00. The lowest BCUT2D eigenvalue weighted by molar-refractivity contribution is 0.162. The molecule has 90 valence electrons. The molecule has 0 spiro atoms. The Morgan fingerprint density at radius 2 is 2.07 bits per heavy atom. The summed E-state index contributed by atoms with van der Waals surface area (Å²) < 4.78 is 22.8. The van der Waals surface area contributed by atoms with Gasteiger partial charge in [-0.15, -0.1) is 0 Å². The van der Waals surface area contributed by atoms with E-state index in [1.165, 1.54) is 0 Å². The molecule has 5 heteroatoms. The van der Waals surface area contributed by atoms with Crippen LogP contribution in [0.1, 0.15) is 20.8 Å². The second kappa shape index (κ2) is 4.72. The van der Waals surface area contributed by atoms with Crippen LogP contribution in [0.25, 0.3) is 0 Å². The van der Waals surface area contributed by atoms with Crippen LogP contribution in [-0.4, -0.2) is 49.3 Å². The molecular formula is C10H20BrNO2S. The van der Waals surface area contributed by atoms with Crippen molar-refractivity contribution in [1.29, 1.82) is 0 Å². The fourth-order valence-electron chi connectivity index (χ4n) is 1.86. The molecule has 0 aromatic carbocycles. The molecule has 0 amide bonds. The second-order valence-electron chi connectivity index (χ2n) is 5.23. The smallest absolute Gasteiger partial charge is 0.153 e. The molecule has 1 unspecified atom stereocenters. The molecule has 15 heavy (non-hydrogen) atoms. The van der Waals surface area contributed by atoms with Crippen LogP contribution in [0.3, 0.4) is 0 Å². The number of rotatable bonds is 3. The lowest BCUT2D eigenvalue weighted by atomic mass is 9.95. The number of nitrogens with zero attached hydrogens (tertiary/aromatic N) is 1. The van der Waals surface area contributed by atoms with E-state index >= 15 is 0 Å². The van der Waals surface area contributed by atoms with E-state index in [0.717, 1.165) is 11.9 Å². The van der Waals surface area contributed by atoms with Crippen LogP contribution in [0.5, 0.6) is 0 Å². The van der Waals surface area contributed by atoms with E-state index in [2.05, 4.69) is 34.7 Å². The van der Waals surface area contributed by atoms with Crippen molar-refractivity contribution in [2.24, 2.45) is 5.41 Å². The van der Waals surface area contributed by atoms with Crippen molar-refractivity contribution in [3.05, 3.63) is 0 Å². The summed E-state index contributed by atoms with van der Waals surface area (Å²) in [7, 11) is -2.78. The number of hydrogen-bond acceptors (Lipinski definition) is 3. The van der Waals surface area contributed by atoms with Gasteiger partial charge in [0.2, 0.25) is 0 Å². The molecule has 1 saturated heterocycles. The number of sulfone groups is 1. The van der Waals surface area contributed by atoms with Gasteiger partial charge in [-0.25, -0.2) is 8.42 Å². The van der Waals surface area contributed by atoms with Gasteiger partial charge >= 0.3 is 0 Å². The van der Waals surface area contributed by atoms with E-state index in [1.54, 1.807) is 0 Å². The first-order valence-electron chi connectivity index (χ1n) is 5.26. The predicted octanol–water partition coefficient (Wildman–Crippen LogP) is 1.53. The third-order valence-electron chi connectivity index (χ3n) is 2.80. The molecule has 3 nitrogen and oxygen atoms in total. The first-order valence-corrected chi connectivity index (χ1v) is 8.20. The minimum absolute atomic E-state index is 0.155. The molecule has 1 aliphatic rings. The third kappa shape index (κ3) is 4.04. The molecular weight excluding hydrogens is 278 g/mol. The highest BCUT2D eigenvalue weighted by Crippen LogP contribution is 2.23. The predicted molar refractivity (Wildman–Crippen MR) is 67.3 cm³/mol. The molecule has 1 rings (SSSR count). The lowest BCUT2D eigenvalue weighted by Gasteiger charge is -2.38. The summed E-state index contributed by atoms with van der Waals surface area (Å²) in [6, 6.07) is 0.155. The molecule has 1 atom stereocenters. The van der Waals surface area contributed by atoms with Gasteiger partial charge in [0.05, 0.1) is 11.5 Å². The van der Waals surface area contributed by atoms with Crippen LogP contribution in [0.4, 0.5) is 0 Å². The van der Waals surface area contributed by atoms with Gasteiger partial charge in [0.25, 0.3) is 0 Å². The van der Waals surface area contributed by atoms with E-state index in [9.17, 15) is 8.42 Å². The summed E-state index contributed by atoms with van der Waals surface area (Å²) in [5.74, 6) is 0.626. The van der Waals surface area contributed by atoms with Crippen LogP contribution in [0.15, 0.2) is 0 Å².